The van der Waals surface area contributed by atoms with Gasteiger partial charge in [0.05, 0.1) is 18.3 Å². The average Bonchev–Trinajstić information content (AvgIpc) is 2.69. The third kappa shape index (κ3) is 4.77. The molecular weight excluding hydrogens is 380 g/mol. The minimum atomic E-state index is -0.798. The highest BCUT2D eigenvalue weighted by atomic mass is 16.5. The fraction of sp³-hybridized carbons (Fsp3) is 0.696. The van der Waals surface area contributed by atoms with Gasteiger partial charge in [-0.3, -0.25) is 4.90 Å². The summed E-state index contributed by atoms with van der Waals surface area (Å²) in [6.07, 6.45) is 1.36. The second kappa shape index (κ2) is 8.92. The fourth-order valence-electron chi connectivity index (χ4n) is 4.90. The van der Waals surface area contributed by atoms with E-state index in [1.165, 1.54) is 11.3 Å². The van der Waals surface area contributed by atoms with E-state index in [-0.39, 0.29) is 11.5 Å². The Bertz CT molecular complexity index is 754. The molecule has 0 spiro atoms. The van der Waals surface area contributed by atoms with Gasteiger partial charge in [-0.1, -0.05) is 20.8 Å². The molecule has 2 fully saturated rings. The summed E-state index contributed by atoms with van der Waals surface area (Å²) in [6, 6.07) is 4.61. The van der Waals surface area contributed by atoms with Gasteiger partial charge in [0.1, 0.15) is 5.75 Å². The minimum absolute atomic E-state index is 0.0230. The SMILES string of the molecule is CCOc1cc(N2CCC(N3CCN(C(=O)O)C(C(C)(C)C)C3)CC2)c(C)cc1N. The number of hydrogen-bond acceptors (Lipinski definition) is 5. The number of hydrogen-bond donors (Lipinski definition) is 2. The van der Waals surface area contributed by atoms with Gasteiger partial charge in [0.25, 0.3) is 0 Å². The van der Waals surface area contributed by atoms with Crippen LogP contribution >= 0.6 is 0 Å². The molecule has 2 saturated heterocycles. The average molecular weight is 419 g/mol. The fourth-order valence-corrected chi connectivity index (χ4v) is 4.90. The molecule has 0 aromatic heterocycles. The van der Waals surface area contributed by atoms with Crippen LogP contribution in [-0.2, 0) is 0 Å². The predicted molar refractivity (Wildman–Crippen MR) is 122 cm³/mol. The van der Waals surface area contributed by atoms with Gasteiger partial charge >= 0.3 is 6.09 Å². The number of nitrogens with two attached hydrogens (primary N) is 1. The molecule has 0 radical (unpaired) electrons. The van der Waals surface area contributed by atoms with Crippen molar-refractivity contribution in [3.05, 3.63) is 17.7 Å². The first-order valence-corrected chi connectivity index (χ1v) is 11.1. The molecule has 2 aliphatic rings. The molecule has 3 rings (SSSR count). The molecule has 0 saturated carbocycles. The number of piperazine rings is 1. The molecule has 1 atom stereocenters. The van der Waals surface area contributed by atoms with Crippen LogP contribution in [-0.4, -0.2) is 72.4 Å². The summed E-state index contributed by atoms with van der Waals surface area (Å²) in [5.74, 6) is 0.762. The maximum atomic E-state index is 11.7. The predicted octanol–water partition coefficient (Wildman–Crippen LogP) is 3.66. The van der Waals surface area contributed by atoms with Crippen molar-refractivity contribution in [2.75, 3.05) is 50.0 Å². The van der Waals surface area contributed by atoms with Crippen LogP contribution in [0.15, 0.2) is 12.1 Å². The number of aryl methyl sites for hydroxylation is 1. The lowest BCUT2D eigenvalue weighted by molar-refractivity contribution is 0.00182. The lowest BCUT2D eigenvalue weighted by atomic mass is 9.83. The number of amides is 1. The number of rotatable bonds is 4. The number of anilines is 2. The van der Waals surface area contributed by atoms with Crippen LogP contribution in [0.3, 0.4) is 0 Å². The Morgan fingerprint density at radius 2 is 1.87 bits per heavy atom. The molecule has 1 aromatic carbocycles. The second-order valence-electron chi connectivity index (χ2n) is 9.68. The van der Waals surface area contributed by atoms with Crippen LogP contribution in [0.2, 0.25) is 0 Å². The largest absolute Gasteiger partial charge is 0.492 e. The maximum Gasteiger partial charge on any atom is 0.407 e. The van der Waals surface area contributed by atoms with Gasteiger partial charge in [-0.25, -0.2) is 4.79 Å². The number of nitrogens with zero attached hydrogens (tertiary/aromatic N) is 3. The summed E-state index contributed by atoms with van der Waals surface area (Å²) in [5, 5.41) is 9.62. The Hall–Kier alpha value is -2.15. The Balaban J connectivity index is 1.66. The standard InChI is InChI=1S/C23H38N4O3/c1-6-30-20-14-19(16(2)13-18(20)24)25-9-7-17(8-10-25)26-11-12-27(22(28)29)21(15-26)23(3,4)5/h13-14,17,21H,6-12,15,24H2,1-5H3,(H,28,29). The van der Waals surface area contributed by atoms with E-state index in [9.17, 15) is 9.90 Å². The topological polar surface area (TPSA) is 82.3 Å². The summed E-state index contributed by atoms with van der Waals surface area (Å²) in [5.41, 5.74) is 9.11. The van der Waals surface area contributed by atoms with Gasteiger partial charge in [0.15, 0.2) is 0 Å². The zero-order valence-electron chi connectivity index (χ0n) is 19.1. The van der Waals surface area contributed by atoms with Gasteiger partial charge in [-0.2, -0.15) is 0 Å². The van der Waals surface area contributed by atoms with Crippen molar-refractivity contribution in [2.45, 2.75) is 59.5 Å². The zero-order valence-corrected chi connectivity index (χ0v) is 19.1. The number of carboxylic acid groups (broad SMARTS) is 1. The number of carbonyl (C=O) groups is 1. The number of nitrogen functional groups attached to an aromatic ring is 1. The number of piperidine rings is 1. The molecule has 7 heteroatoms. The van der Waals surface area contributed by atoms with Gasteiger partial charge in [0.2, 0.25) is 0 Å². The zero-order chi connectivity index (χ0) is 22.1. The van der Waals surface area contributed by atoms with E-state index in [1.807, 2.05) is 13.0 Å². The third-order valence-electron chi connectivity index (χ3n) is 6.61. The van der Waals surface area contributed by atoms with E-state index in [4.69, 9.17) is 10.5 Å². The molecule has 2 aliphatic heterocycles. The summed E-state index contributed by atoms with van der Waals surface area (Å²) in [4.78, 5) is 18.3. The molecule has 1 amide bonds. The first-order chi connectivity index (χ1) is 14.1. The van der Waals surface area contributed by atoms with Crippen molar-refractivity contribution in [3.63, 3.8) is 0 Å². The molecule has 7 nitrogen and oxygen atoms in total. The molecule has 3 N–H and O–H groups in total. The number of ether oxygens (including phenoxy) is 1. The van der Waals surface area contributed by atoms with Crippen LogP contribution in [0.1, 0.15) is 46.1 Å². The lowest BCUT2D eigenvalue weighted by Crippen LogP contribution is -2.62. The molecule has 2 heterocycles. The maximum absolute atomic E-state index is 11.7. The summed E-state index contributed by atoms with van der Waals surface area (Å²) < 4.78 is 5.70. The van der Waals surface area contributed by atoms with Crippen LogP contribution in [0.25, 0.3) is 0 Å². The smallest absolute Gasteiger partial charge is 0.407 e. The van der Waals surface area contributed by atoms with Crippen molar-refractivity contribution in [1.82, 2.24) is 9.80 Å². The van der Waals surface area contributed by atoms with Crippen LogP contribution in [0.5, 0.6) is 5.75 Å². The normalized spacial score (nSPS) is 21.7. The van der Waals surface area contributed by atoms with Gasteiger partial charge in [-0.05, 0) is 43.7 Å². The lowest BCUT2D eigenvalue weighted by Gasteiger charge is -2.49. The van der Waals surface area contributed by atoms with Gasteiger partial charge < -0.3 is 25.4 Å². The molecule has 1 aromatic rings. The first-order valence-electron chi connectivity index (χ1n) is 11.1. The van der Waals surface area contributed by atoms with Crippen molar-refractivity contribution in [3.8, 4) is 5.75 Å². The monoisotopic (exact) mass is 418 g/mol. The molecule has 168 valence electrons. The molecule has 30 heavy (non-hydrogen) atoms. The van der Waals surface area contributed by atoms with E-state index >= 15 is 0 Å². The van der Waals surface area contributed by atoms with Gasteiger partial charge in [0, 0.05) is 50.5 Å². The quantitative estimate of drug-likeness (QED) is 0.726. The first kappa shape index (κ1) is 22.5. The van der Waals surface area contributed by atoms with Gasteiger partial charge in [-0.15, -0.1) is 0 Å². The van der Waals surface area contributed by atoms with E-state index in [2.05, 4.69) is 43.6 Å². The Labute approximate surface area is 180 Å². The Morgan fingerprint density at radius 1 is 1.20 bits per heavy atom. The number of benzene rings is 1. The van der Waals surface area contributed by atoms with Crippen molar-refractivity contribution in [1.29, 1.82) is 0 Å². The summed E-state index contributed by atoms with van der Waals surface area (Å²) in [7, 11) is 0. The second-order valence-corrected chi connectivity index (χ2v) is 9.68. The Kier molecular flexibility index (Phi) is 6.70. The van der Waals surface area contributed by atoms with Crippen LogP contribution in [0, 0.1) is 12.3 Å². The molecule has 0 bridgehead atoms. The molecule has 0 aliphatic carbocycles. The van der Waals surface area contributed by atoms with Crippen molar-refractivity contribution >= 4 is 17.5 Å². The van der Waals surface area contributed by atoms with Crippen LogP contribution < -0.4 is 15.4 Å². The van der Waals surface area contributed by atoms with Crippen LogP contribution in [0.4, 0.5) is 16.2 Å². The van der Waals surface area contributed by atoms with E-state index in [0.717, 1.165) is 44.8 Å². The summed E-state index contributed by atoms with van der Waals surface area (Å²) >= 11 is 0. The summed E-state index contributed by atoms with van der Waals surface area (Å²) in [6.45, 7) is 15.3. The highest BCUT2D eigenvalue weighted by molar-refractivity contribution is 5.67. The highest BCUT2D eigenvalue weighted by Crippen LogP contribution is 2.34. The third-order valence-corrected chi connectivity index (χ3v) is 6.61. The molecular formula is C23H38N4O3. The van der Waals surface area contributed by atoms with Crippen molar-refractivity contribution < 1.29 is 14.6 Å². The Morgan fingerprint density at radius 3 is 2.43 bits per heavy atom. The van der Waals surface area contributed by atoms with E-state index < -0.39 is 6.09 Å². The molecule has 1 unspecified atom stereocenters. The van der Waals surface area contributed by atoms with E-state index in [1.54, 1.807) is 4.90 Å². The van der Waals surface area contributed by atoms with Crippen molar-refractivity contribution in [2.24, 2.45) is 5.41 Å². The van der Waals surface area contributed by atoms with E-state index in [0.29, 0.717) is 24.9 Å². The minimum Gasteiger partial charge on any atom is -0.492 e. The highest BCUT2D eigenvalue weighted by Gasteiger charge is 2.40.